The van der Waals surface area contributed by atoms with Crippen LogP contribution in [0.25, 0.3) is 0 Å². The Balaban J connectivity index is 2.28. The predicted molar refractivity (Wildman–Crippen MR) is 89.0 cm³/mol. The molecule has 0 radical (unpaired) electrons. The highest BCUT2D eigenvalue weighted by Crippen LogP contribution is 2.28. The van der Waals surface area contributed by atoms with E-state index in [1.54, 1.807) is 18.2 Å². The van der Waals surface area contributed by atoms with E-state index in [0.717, 1.165) is 10.0 Å². The van der Waals surface area contributed by atoms with Crippen LogP contribution in [0.4, 0.5) is 0 Å². The lowest BCUT2D eigenvalue weighted by Gasteiger charge is -2.11. The Morgan fingerprint density at radius 3 is 2.33 bits per heavy atom. The van der Waals surface area contributed by atoms with Crippen molar-refractivity contribution in [2.45, 2.75) is 11.5 Å². The van der Waals surface area contributed by atoms with Crippen molar-refractivity contribution in [2.75, 3.05) is 0 Å². The molecule has 0 unspecified atom stereocenters. The van der Waals surface area contributed by atoms with Crippen LogP contribution in [-0.2, 0) is 16.6 Å². The molecule has 0 aliphatic rings. The predicted octanol–water partition coefficient (Wildman–Crippen LogP) is 4.09. The van der Waals surface area contributed by atoms with Crippen molar-refractivity contribution in [2.24, 2.45) is 5.14 Å². The molecule has 112 valence electrons. The second-order valence-electron chi connectivity index (χ2n) is 4.16. The van der Waals surface area contributed by atoms with Crippen molar-refractivity contribution >= 4 is 53.5 Å². The van der Waals surface area contributed by atoms with Crippen LogP contribution in [0.5, 0.6) is 5.75 Å². The Hall–Kier alpha value is -0.600. The van der Waals surface area contributed by atoms with Crippen LogP contribution in [0.15, 0.2) is 50.2 Å². The number of ether oxygens (including phenoxy) is 1. The summed E-state index contributed by atoms with van der Waals surface area (Å²) in [4.78, 5) is -0.0786. The molecular formula is C13H10Br2ClNO3S. The van der Waals surface area contributed by atoms with Crippen molar-refractivity contribution in [3.8, 4) is 5.75 Å². The zero-order valence-corrected chi connectivity index (χ0v) is 15.3. The fourth-order valence-corrected chi connectivity index (χ4v) is 3.56. The number of rotatable bonds is 4. The maximum atomic E-state index is 11.6. The summed E-state index contributed by atoms with van der Waals surface area (Å²) in [6, 6.07) is 9.97. The van der Waals surface area contributed by atoms with Crippen molar-refractivity contribution in [1.29, 1.82) is 0 Å². The van der Waals surface area contributed by atoms with Gasteiger partial charge in [-0.2, -0.15) is 0 Å². The van der Waals surface area contributed by atoms with E-state index in [1.807, 2.05) is 6.07 Å². The van der Waals surface area contributed by atoms with Crippen LogP contribution in [-0.4, -0.2) is 8.42 Å². The zero-order chi connectivity index (χ0) is 15.6. The third-order valence-corrected chi connectivity index (χ3v) is 4.88. The Morgan fingerprint density at radius 1 is 1.10 bits per heavy atom. The fraction of sp³-hybridized carbons (Fsp3) is 0.0769. The van der Waals surface area contributed by atoms with Gasteiger partial charge in [-0.05, 0) is 30.3 Å². The number of halogens is 3. The van der Waals surface area contributed by atoms with Crippen LogP contribution in [0.2, 0.25) is 5.02 Å². The minimum atomic E-state index is -3.87. The van der Waals surface area contributed by atoms with Crippen LogP contribution >= 0.6 is 43.5 Å². The van der Waals surface area contributed by atoms with Crippen LogP contribution in [0.1, 0.15) is 5.56 Å². The molecule has 0 amide bonds. The first kappa shape index (κ1) is 16.8. The van der Waals surface area contributed by atoms with E-state index < -0.39 is 10.0 Å². The van der Waals surface area contributed by atoms with E-state index in [4.69, 9.17) is 21.5 Å². The highest BCUT2D eigenvalue weighted by molar-refractivity contribution is 9.10. The summed E-state index contributed by atoms with van der Waals surface area (Å²) in [5.74, 6) is 0.180. The Morgan fingerprint density at radius 2 is 1.71 bits per heavy atom. The quantitative estimate of drug-likeness (QED) is 0.755. The van der Waals surface area contributed by atoms with E-state index in [9.17, 15) is 8.42 Å². The summed E-state index contributed by atoms with van der Waals surface area (Å²) in [6.07, 6.45) is 0. The van der Waals surface area contributed by atoms with E-state index in [2.05, 4.69) is 31.9 Å². The van der Waals surface area contributed by atoms with Crippen molar-refractivity contribution in [1.82, 2.24) is 0 Å². The number of nitrogens with two attached hydrogens (primary N) is 1. The molecule has 0 heterocycles. The lowest BCUT2D eigenvalue weighted by atomic mass is 10.2. The molecule has 2 rings (SSSR count). The Kier molecular flexibility index (Phi) is 5.32. The lowest BCUT2D eigenvalue weighted by Crippen LogP contribution is -2.14. The normalized spacial score (nSPS) is 11.4. The molecule has 0 saturated carbocycles. The molecule has 0 fully saturated rings. The zero-order valence-electron chi connectivity index (χ0n) is 10.5. The van der Waals surface area contributed by atoms with Gasteiger partial charge in [-0.3, -0.25) is 0 Å². The molecule has 0 aromatic heterocycles. The minimum absolute atomic E-state index is 0.0786. The largest absolute Gasteiger partial charge is 0.487 e. The van der Waals surface area contributed by atoms with Crippen LogP contribution in [0.3, 0.4) is 0 Å². The van der Waals surface area contributed by atoms with Crippen LogP contribution < -0.4 is 9.88 Å². The highest BCUT2D eigenvalue weighted by Gasteiger charge is 2.16. The fourth-order valence-electron chi connectivity index (χ4n) is 1.62. The first-order valence-corrected chi connectivity index (χ1v) is 9.17. The first-order chi connectivity index (χ1) is 9.77. The summed E-state index contributed by atoms with van der Waals surface area (Å²) in [7, 11) is -3.87. The molecular weight excluding hydrogens is 445 g/mol. The number of benzene rings is 2. The van der Waals surface area contributed by atoms with Gasteiger partial charge in [0.2, 0.25) is 10.0 Å². The molecule has 2 aromatic carbocycles. The molecule has 0 saturated heterocycles. The number of sulfonamides is 1. The van der Waals surface area contributed by atoms with Gasteiger partial charge in [-0.25, -0.2) is 13.6 Å². The summed E-state index contributed by atoms with van der Waals surface area (Å²) in [6.45, 7) is 0.135. The monoisotopic (exact) mass is 453 g/mol. The first-order valence-electron chi connectivity index (χ1n) is 5.66. The van der Waals surface area contributed by atoms with E-state index in [-0.39, 0.29) is 17.3 Å². The smallest absolute Gasteiger partial charge is 0.241 e. The van der Waals surface area contributed by atoms with Gasteiger partial charge in [0.25, 0.3) is 0 Å². The van der Waals surface area contributed by atoms with Gasteiger partial charge in [-0.15, -0.1) is 0 Å². The minimum Gasteiger partial charge on any atom is -0.487 e. The third kappa shape index (κ3) is 4.43. The molecule has 0 spiro atoms. The number of hydrogen-bond acceptors (Lipinski definition) is 3. The summed E-state index contributed by atoms with van der Waals surface area (Å²) < 4.78 is 30.1. The van der Waals surface area contributed by atoms with Crippen molar-refractivity contribution in [3.05, 3.63) is 55.9 Å². The van der Waals surface area contributed by atoms with Gasteiger partial charge in [-0.1, -0.05) is 49.5 Å². The average Bonchev–Trinajstić information content (AvgIpc) is 2.38. The summed E-state index contributed by atoms with van der Waals surface area (Å²) in [5, 5.41) is 5.71. The molecule has 4 nitrogen and oxygen atoms in total. The van der Waals surface area contributed by atoms with Gasteiger partial charge < -0.3 is 4.74 Å². The number of primary sulfonamides is 1. The van der Waals surface area contributed by atoms with Gasteiger partial charge in [0, 0.05) is 19.5 Å². The molecule has 2 N–H and O–H groups in total. The summed E-state index contributed by atoms with van der Waals surface area (Å²) in [5.41, 5.74) is 0.739. The van der Waals surface area contributed by atoms with Gasteiger partial charge in [0.05, 0.1) is 0 Å². The molecule has 0 aliphatic heterocycles. The van der Waals surface area contributed by atoms with Gasteiger partial charge >= 0.3 is 0 Å². The lowest BCUT2D eigenvalue weighted by molar-refractivity contribution is 0.298. The van der Waals surface area contributed by atoms with E-state index in [1.165, 1.54) is 12.1 Å². The second-order valence-corrected chi connectivity index (χ2v) is 7.93. The maximum absolute atomic E-state index is 11.6. The average molecular weight is 456 g/mol. The Labute approximate surface area is 144 Å². The molecule has 21 heavy (non-hydrogen) atoms. The third-order valence-electron chi connectivity index (χ3n) is 2.61. The molecule has 0 atom stereocenters. The molecule has 8 heteroatoms. The topological polar surface area (TPSA) is 69.4 Å². The maximum Gasteiger partial charge on any atom is 0.241 e. The van der Waals surface area contributed by atoms with E-state index >= 15 is 0 Å². The molecule has 0 aliphatic carbocycles. The van der Waals surface area contributed by atoms with Crippen molar-refractivity contribution in [3.63, 3.8) is 0 Å². The SMILES string of the molecule is NS(=O)(=O)c1cc(Br)ccc1OCc1ccc(Br)cc1Cl. The van der Waals surface area contributed by atoms with Crippen LogP contribution in [0, 0.1) is 0 Å². The highest BCUT2D eigenvalue weighted by atomic mass is 79.9. The van der Waals surface area contributed by atoms with E-state index in [0.29, 0.717) is 9.50 Å². The second kappa shape index (κ2) is 6.66. The molecule has 2 aromatic rings. The van der Waals surface area contributed by atoms with Gasteiger partial charge in [0.1, 0.15) is 17.3 Å². The standard InChI is InChI=1S/C13H10Br2ClNO3S/c14-9-2-1-8(11(16)5-9)7-20-12-4-3-10(15)6-13(12)21(17,18)19/h1-6H,7H2,(H2,17,18,19). The molecule has 0 bridgehead atoms. The summed E-state index contributed by atoms with van der Waals surface area (Å²) >= 11 is 12.6. The van der Waals surface area contributed by atoms with Gasteiger partial charge in [0.15, 0.2) is 0 Å². The number of hydrogen-bond donors (Lipinski definition) is 1. The Bertz CT molecular complexity index is 781. The van der Waals surface area contributed by atoms with Crippen molar-refractivity contribution < 1.29 is 13.2 Å².